The monoisotopic (exact) mass is 185 g/mol. The lowest BCUT2D eigenvalue weighted by Crippen LogP contribution is -1.94. The van der Waals surface area contributed by atoms with Crippen LogP contribution in [-0.2, 0) is 0 Å². The summed E-state index contributed by atoms with van der Waals surface area (Å²) in [4.78, 5) is 0. The average Bonchev–Trinajstić information content (AvgIpc) is 2.15. The molecule has 0 aliphatic rings. The highest BCUT2D eigenvalue weighted by Gasteiger charge is 2.03. The van der Waals surface area contributed by atoms with E-state index in [2.05, 4.69) is 0 Å². The van der Waals surface area contributed by atoms with Crippen LogP contribution < -0.4 is 10.5 Å². The van der Waals surface area contributed by atoms with Gasteiger partial charge in [0.15, 0.2) is 0 Å². The van der Waals surface area contributed by atoms with Crippen LogP contribution in [0.15, 0.2) is 12.1 Å². The summed E-state index contributed by atoms with van der Waals surface area (Å²) in [5.41, 5.74) is 6.18. The van der Waals surface area contributed by atoms with Gasteiger partial charge in [-0.25, -0.2) is 4.39 Å². The maximum Gasteiger partial charge on any atom is 0.146 e. The van der Waals surface area contributed by atoms with E-state index >= 15 is 0 Å². The fourth-order valence-electron chi connectivity index (χ4n) is 0.888. The van der Waals surface area contributed by atoms with Gasteiger partial charge in [-0.3, -0.25) is 0 Å². The third-order valence-corrected chi connectivity index (χ3v) is 1.51. The molecule has 13 heavy (non-hydrogen) atoms. The zero-order chi connectivity index (χ0) is 10.4. The standard InChI is InChI=1S/C8H10FNO.C2H6/c1-5-3-6(9)7(10)4-8(5)11-2;1-2/h3-4H,10H2,1-2H3;1-2H3. The van der Waals surface area contributed by atoms with E-state index < -0.39 is 5.82 Å². The normalized spacial score (nSPS) is 8.69. The lowest BCUT2D eigenvalue weighted by molar-refractivity contribution is 0.411. The number of aryl methyl sites for hydroxylation is 1. The molecule has 2 nitrogen and oxygen atoms in total. The molecular formula is C10H16FNO. The fourth-order valence-corrected chi connectivity index (χ4v) is 0.888. The third-order valence-electron chi connectivity index (χ3n) is 1.51. The molecular weight excluding hydrogens is 169 g/mol. The first-order chi connectivity index (χ1) is 6.15. The number of halogens is 1. The fraction of sp³-hybridized carbons (Fsp3) is 0.400. The van der Waals surface area contributed by atoms with Crippen LogP contribution in [0, 0.1) is 12.7 Å². The molecule has 1 aromatic rings. The minimum atomic E-state index is -0.400. The van der Waals surface area contributed by atoms with Gasteiger partial charge < -0.3 is 10.5 Å². The summed E-state index contributed by atoms with van der Waals surface area (Å²) in [5, 5.41) is 0. The maximum absolute atomic E-state index is 12.7. The van der Waals surface area contributed by atoms with Crippen molar-refractivity contribution in [1.29, 1.82) is 0 Å². The van der Waals surface area contributed by atoms with E-state index in [1.165, 1.54) is 19.2 Å². The Balaban J connectivity index is 0.000000671. The van der Waals surface area contributed by atoms with Gasteiger partial charge in [-0.1, -0.05) is 13.8 Å². The lowest BCUT2D eigenvalue weighted by atomic mass is 10.2. The van der Waals surface area contributed by atoms with Crippen molar-refractivity contribution in [2.45, 2.75) is 20.8 Å². The Labute approximate surface area is 78.5 Å². The van der Waals surface area contributed by atoms with Crippen LogP contribution >= 0.6 is 0 Å². The van der Waals surface area contributed by atoms with E-state index in [0.29, 0.717) is 5.75 Å². The van der Waals surface area contributed by atoms with Crippen molar-refractivity contribution in [3.05, 3.63) is 23.5 Å². The van der Waals surface area contributed by atoms with Gasteiger partial charge in [0.25, 0.3) is 0 Å². The Morgan fingerprint density at radius 1 is 1.31 bits per heavy atom. The Bertz CT molecular complexity index is 274. The van der Waals surface area contributed by atoms with Gasteiger partial charge in [0.2, 0.25) is 0 Å². The molecule has 1 rings (SSSR count). The summed E-state index contributed by atoms with van der Waals surface area (Å²) in [5.74, 6) is 0.215. The smallest absolute Gasteiger partial charge is 0.146 e. The average molecular weight is 185 g/mol. The minimum Gasteiger partial charge on any atom is -0.496 e. The summed E-state index contributed by atoms with van der Waals surface area (Å²) >= 11 is 0. The summed E-state index contributed by atoms with van der Waals surface area (Å²) in [6.45, 7) is 5.77. The van der Waals surface area contributed by atoms with E-state index in [1.54, 1.807) is 6.92 Å². The summed E-state index contributed by atoms with van der Waals surface area (Å²) in [6, 6.07) is 2.83. The number of rotatable bonds is 1. The molecule has 0 amide bonds. The molecule has 0 aromatic heterocycles. The Morgan fingerprint density at radius 2 is 1.85 bits per heavy atom. The van der Waals surface area contributed by atoms with E-state index in [1.807, 2.05) is 13.8 Å². The number of methoxy groups -OCH3 is 1. The first kappa shape index (κ1) is 11.8. The highest BCUT2D eigenvalue weighted by atomic mass is 19.1. The molecule has 0 saturated heterocycles. The van der Waals surface area contributed by atoms with E-state index in [9.17, 15) is 4.39 Å². The van der Waals surface area contributed by atoms with Gasteiger partial charge in [0.05, 0.1) is 12.8 Å². The first-order valence-electron chi connectivity index (χ1n) is 4.24. The van der Waals surface area contributed by atoms with Crippen molar-refractivity contribution in [1.82, 2.24) is 0 Å². The van der Waals surface area contributed by atoms with Gasteiger partial charge in [-0.15, -0.1) is 0 Å². The number of hydrogen-bond donors (Lipinski definition) is 1. The third kappa shape index (κ3) is 2.93. The van der Waals surface area contributed by atoms with Crippen LogP contribution in [0.2, 0.25) is 0 Å². The number of ether oxygens (including phenoxy) is 1. The molecule has 0 saturated carbocycles. The molecule has 74 valence electrons. The first-order valence-corrected chi connectivity index (χ1v) is 4.24. The SMILES string of the molecule is CC.COc1cc(N)c(F)cc1C. The summed E-state index contributed by atoms with van der Waals surface area (Å²) in [7, 11) is 1.53. The van der Waals surface area contributed by atoms with Crippen LogP contribution in [-0.4, -0.2) is 7.11 Å². The second-order valence-electron chi connectivity index (χ2n) is 2.34. The van der Waals surface area contributed by atoms with Crippen molar-refractivity contribution in [3.63, 3.8) is 0 Å². The Kier molecular flexibility index (Phi) is 4.89. The molecule has 0 heterocycles. The van der Waals surface area contributed by atoms with Crippen molar-refractivity contribution in [2.75, 3.05) is 12.8 Å². The number of hydrogen-bond acceptors (Lipinski definition) is 2. The highest BCUT2D eigenvalue weighted by molar-refractivity contribution is 5.49. The lowest BCUT2D eigenvalue weighted by Gasteiger charge is -2.05. The highest BCUT2D eigenvalue weighted by Crippen LogP contribution is 2.22. The van der Waals surface area contributed by atoms with Crippen molar-refractivity contribution in [3.8, 4) is 5.75 Å². The number of nitrogen functional groups attached to an aromatic ring is 1. The summed E-state index contributed by atoms with van der Waals surface area (Å²) in [6.07, 6.45) is 0. The van der Waals surface area contributed by atoms with Crippen LogP contribution in [0.5, 0.6) is 5.75 Å². The predicted molar refractivity (Wildman–Crippen MR) is 53.4 cm³/mol. The van der Waals surface area contributed by atoms with Crippen LogP contribution in [0.25, 0.3) is 0 Å². The van der Waals surface area contributed by atoms with Gasteiger partial charge in [-0.05, 0) is 18.6 Å². The Hall–Kier alpha value is -1.25. The minimum absolute atomic E-state index is 0.118. The van der Waals surface area contributed by atoms with E-state index in [0.717, 1.165) is 5.56 Å². The molecule has 3 heteroatoms. The molecule has 0 aliphatic carbocycles. The van der Waals surface area contributed by atoms with Gasteiger partial charge in [0, 0.05) is 6.07 Å². The van der Waals surface area contributed by atoms with Crippen LogP contribution in [0.3, 0.4) is 0 Å². The molecule has 0 fully saturated rings. The van der Waals surface area contributed by atoms with Gasteiger partial charge >= 0.3 is 0 Å². The van der Waals surface area contributed by atoms with Gasteiger partial charge in [-0.2, -0.15) is 0 Å². The number of nitrogens with two attached hydrogens (primary N) is 1. The molecule has 2 N–H and O–H groups in total. The van der Waals surface area contributed by atoms with E-state index in [4.69, 9.17) is 10.5 Å². The molecule has 0 aliphatic heterocycles. The van der Waals surface area contributed by atoms with Crippen LogP contribution in [0.1, 0.15) is 19.4 Å². The van der Waals surface area contributed by atoms with Crippen LogP contribution in [0.4, 0.5) is 10.1 Å². The quantitative estimate of drug-likeness (QED) is 0.683. The molecule has 0 radical (unpaired) electrons. The maximum atomic E-state index is 12.7. The Morgan fingerprint density at radius 3 is 2.31 bits per heavy atom. The molecule has 0 atom stereocenters. The molecule has 0 spiro atoms. The predicted octanol–water partition coefficient (Wildman–Crippen LogP) is 2.75. The topological polar surface area (TPSA) is 35.2 Å². The summed E-state index contributed by atoms with van der Waals surface area (Å²) < 4.78 is 17.6. The zero-order valence-electron chi connectivity index (χ0n) is 8.52. The molecule has 0 unspecified atom stereocenters. The second-order valence-corrected chi connectivity index (χ2v) is 2.34. The molecule has 0 bridgehead atoms. The van der Waals surface area contributed by atoms with E-state index in [-0.39, 0.29) is 5.69 Å². The van der Waals surface area contributed by atoms with Crippen molar-refractivity contribution in [2.24, 2.45) is 0 Å². The van der Waals surface area contributed by atoms with Crippen molar-refractivity contribution >= 4 is 5.69 Å². The zero-order valence-corrected chi connectivity index (χ0v) is 8.52. The van der Waals surface area contributed by atoms with Crippen molar-refractivity contribution < 1.29 is 9.13 Å². The largest absolute Gasteiger partial charge is 0.496 e. The molecule has 1 aromatic carbocycles. The second kappa shape index (κ2) is 5.41. The number of benzene rings is 1. The number of anilines is 1. The van der Waals surface area contributed by atoms with Gasteiger partial charge in [0.1, 0.15) is 11.6 Å².